The molecule has 0 aliphatic carbocycles. The van der Waals surface area contributed by atoms with Crippen molar-refractivity contribution in [2.75, 3.05) is 12.9 Å². The number of carbonyl (C=O) groups is 1. The van der Waals surface area contributed by atoms with Crippen LogP contribution in [-0.2, 0) is 4.74 Å². The summed E-state index contributed by atoms with van der Waals surface area (Å²) in [7, 11) is 0.246. The van der Waals surface area contributed by atoms with Crippen LogP contribution >= 0.6 is 11.8 Å². The number of carbonyl (C=O) groups excluding carboxylic acids is 1. The molecule has 130 valence electrons. The van der Waals surface area contributed by atoms with Crippen molar-refractivity contribution in [3.63, 3.8) is 0 Å². The fraction of sp³-hybridized carbons (Fsp3) is 0.316. The van der Waals surface area contributed by atoms with E-state index >= 15 is 0 Å². The zero-order chi connectivity index (χ0) is 18.4. The quantitative estimate of drug-likeness (QED) is 0.414. The average molecular weight is 371 g/mol. The van der Waals surface area contributed by atoms with Gasteiger partial charge >= 0.3 is 5.97 Å². The van der Waals surface area contributed by atoms with Crippen molar-refractivity contribution in [3.05, 3.63) is 47.7 Å². The van der Waals surface area contributed by atoms with Crippen LogP contribution in [0.3, 0.4) is 0 Å². The monoisotopic (exact) mass is 370 g/mol. The van der Waals surface area contributed by atoms with Crippen LogP contribution in [0.5, 0.6) is 0 Å². The summed E-state index contributed by atoms with van der Waals surface area (Å²) in [6.45, 7) is 7.02. The third kappa shape index (κ3) is 5.18. The van der Waals surface area contributed by atoms with Gasteiger partial charge in [0, 0.05) is 19.8 Å². The van der Waals surface area contributed by atoms with Crippen molar-refractivity contribution < 1.29 is 9.53 Å². The number of pyridine rings is 1. The van der Waals surface area contributed by atoms with E-state index in [1.165, 1.54) is 13.2 Å². The maximum absolute atomic E-state index is 11.6. The molecule has 0 atom stereocenters. The largest absolute Gasteiger partial charge is 0.465 e. The highest BCUT2D eigenvalue weighted by Crippen LogP contribution is 2.31. The Labute approximate surface area is 154 Å². The Hall–Kier alpha value is -2.10. The Balaban J connectivity index is 2.28. The molecule has 1 aromatic carbocycles. The number of rotatable bonds is 6. The molecular weight excluding hydrogens is 348 g/mol. The molecule has 25 heavy (non-hydrogen) atoms. The van der Waals surface area contributed by atoms with E-state index in [9.17, 15) is 10.1 Å². The van der Waals surface area contributed by atoms with Gasteiger partial charge in [0.25, 0.3) is 0 Å². The van der Waals surface area contributed by atoms with E-state index in [2.05, 4.69) is 30.7 Å². The highest BCUT2D eigenvalue weighted by molar-refractivity contribution is 7.99. The first-order chi connectivity index (χ1) is 11.9. The maximum atomic E-state index is 11.6. The molecule has 2 rings (SSSR count). The fourth-order valence-corrected chi connectivity index (χ4v) is 5.74. The molecule has 0 bridgehead atoms. The second-order valence-corrected chi connectivity index (χ2v) is 13.6. The SMILES string of the molecule is COC(=O)c1ccc(-c2ccnc(SCC[Si](C)(C)C)c2C#N)cc1. The van der Waals surface area contributed by atoms with Gasteiger partial charge < -0.3 is 4.74 Å². The van der Waals surface area contributed by atoms with Gasteiger partial charge in [-0.15, -0.1) is 11.8 Å². The molecule has 0 N–H and O–H groups in total. The molecular formula is C19H22N2O2SSi. The number of hydrogen-bond acceptors (Lipinski definition) is 5. The Bertz CT molecular complexity index is 793. The molecule has 6 heteroatoms. The van der Waals surface area contributed by atoms with Crippen LogP contribution in [0, 0.1) is 11.3 Å². The number of aromatic nitrogens is 1. The van der Waals surface area contributed by atoms with Crippen molar-refractivity contribution in [3.8, 4) is 17.2 Å². The number of ether oxygens (including phenoxy) is 1. The van der Waals surface area contributed by atoms with E-state index in [0.29, 0.717) is 11.1 Å². The normalized spacial score (nSPS) is 11.0. The summed E-state index contributed by atoms with van der Waals surface area (Å²) in [5.74, 6) is 0.603. The summed E-state index contributed by atoms with van der Waals surface area (Å²) >= 11 is 1.65. The minimum Gasteiger partial charge on any atom is -0.465 e. The maximum Gasteiger partial charge on any atom is 0.337 e. The number of nitriles is 1. The number of hydrogen-bond donors (Lipinski definition) is 0. The molecule has 0 amide bonds. The Morgan fingerprint density at radius 2 is 1.92 bits per heavy atom. The molecule has 0 saturated heterocycles. The van der Waals surface area contributed by atoms with Crippen LogP contribution in [0.15, 0.2) is 41.6 Å². The lowest BCUT2D eigenvalue weighted by molar-refractivity contribution is 0.0601. The van der Waals surface area contributed by atoms with Crippen LogP contribution in [0.4, 0.5) is 0 Å². The van der Waals surface area contributed by atoms with Crippen LogP contribution < -0.4 is 0 Å². The van der Waals surface area contributed by atoms with E-state index in [1.54, 1.807) is 30.1 Å². The molecule has 0 fully saturated rings. The van der Waals surface area contributed by atoms with Crippen molar-refractivity contribution in [2.45, 2.75) is 30.7 Å². The van der Waals surface area contributed by atoms with Crippen LogP contribution in [0.2, 0.25) is 25.7 Å². The molecule has 0 aliphatic heterocycles. The summed E-state index contributed by atoms with van der Waals surface area (Å²) in [5, 5.41) is 10.4. The number of benzene rings is 1. The highest BCUT2D eigenvalue weighted by atomic mass is 32.2. The number of thioether (sulfide) groups is 1. The third-order valence-corrected chi connectivity index (χ3v) is 6.84. The molecule has 1 heterocycles. The van der Waals surface area contributed by atoms with Crippen LogP contribution in [-0.4, -0.2) is 31.9 Å². The predicted molar refractivity (Wildman–Crippen MR) is 105 cm³/mol. The third-order valence-electron chi connectivity index (χ3n) is 3.74. The van der Waals surface area contributed by atoms with E-state index in [-0.39, 0.29) is 5.97 Å². The molecule has 4 nitrogen and oxygen atoms in total. The lowest BCUT2D eigenvalue weighted by atomic mass is 10.0. The standard InChI is InChI=1S/C19H22N2O2SSi/c1-23-19(22)15-7-5-14(6-8-15)16-9-10-21-18(17(16)13-20)24-11-12-25(2,3)4/h5-10H,11-12H2,1-4H3. The van der Waals surface area contributed by atoms with Gasteiger partial charge in [-0.1, -0.05) is 31.8 Å². The second-order valence-electron chi connectivity index (χ2n) is 6.88. The summed E-state index contributed by atoms with van der Waals surface area (Å²) in [5.41, 5.74) is 2.81. The van der Waals surface area contributed by atoms with Gasteiger partial charge in [0.2, 0.25) is 0 Å². The average Bonchev–Trinajstić information content (AvgIpc) is 2.60. The van der Waals surface area contributed by atoms with Crippen molar-refractivity contribution in [1.82, 2.24) is 4.98 Å². The molecule has 0 unspecified atom stereocenters. The van der Waals surface area contributed by atoms with Gasteiger partial charge in [-0.05, 0) is 35.6 Å². The van der Waals surface area contributed by atoms with Gasteiger partial charge in [-0.3, -0.25) is 0 Å². The smallest absolute Gasteiger partial charge is 0.337 e. The second kappa shape index (κ2) is 8.32. The van der Waals surface area contributed by atoms with Crippen LogP contribution in [0.25, 0.3) is 11.1 Å². The minimum atomic E-state index is -1.11. The van der Waals surface area contributed by atoms with Gasteiger partial charge in [0.1, 0.15) is 11.1 Å². The number of methoxy groups -OCH3 is 1. The molecule has 2 aromatic rings. The first kappa shape index (κ1) is 19.2. The summed E-state index contributed by atoms with van der Waals surface area (Å²) in [6.07, 6.45) is 1.74. The summed E-state index contributed by atoms with van der Waals surface area (Å²) < 4.78 is 4.72. The van der Waals surface area contributed by atoms with E-state index in [0.717, 1.165) is 21.9 Å². The summed E-state index contributed by atoms with van der Waals surface area (Å²) in [4.78, 5) is 15.9. The van der Waals surface area contributed by atoms with Gasteiger partial charge in [-0.25, -0.2) is 9.78 Å². The zero-order valence-electron chi connectivity index (χ0n) is 15.0. The van der Waals surface area contributed by atoms with Crippen LogP contribution in [0.1, 0.15) is 15.9 Å². The van der Waals surface area contributed by atoms with Crippen molar-refractivity contribution >= 4 is 25.8 Å². The lowest BCUT2D eigenvalue weighted by Crippen LogP contribution is -2.19. The minimum absolute atomic E-state index is 0.371. The van der Waals surface area contributed by atoms with Crippen molar-refractivity contribution in [2.24, 2.45) is 0 Å². The Morgan fingerprint density at radius 1 is 1.24 bits per heavy atom. The van der Waals surface area contributed by atoms with E-state index in [4.69, 9.17) is 4.74 Å². The summed E-state index contributed by atoms with van der Waals surface area (Å²) in [6, 6.07) is 12.4. The number of esters is 1. The molecule has 1 aromatic heterocycles. The molecule has 0 radical (unpaired) electrons. The van der Waals surface area contributed by atoms with E-state index in [1.807, 2.05) is 18.2 Å². The van der Waals surface area contributed by atoms with Gasteiger partial charge in [0.05, 0.1) is 18.2 Å². The predicted octanol–water partition coefficient (Wildman–Crippen LogP) is 4.84. The number of nitrogens with zero attached hydrogens (tertiary/aromatic N) is 2. The van der Waals surface area contributed by atoms with E-state index < -0.39 is 8.07 Å². The Morgan fingerprint density at radius 3 is 2.48 bits per heavy atom. The lowest BCUT2D eigenvalue weighted by Gasteiger charge is -2.15. The molecule has 0 aliphatic rings. The van der Waals surface area contributed by atoms with Gasteiger partial charge in [0.15, 0.2) is 0 Å². The first-order valence-corrected chi connectivity index (χ1v) is 12.8. The van der Waals surface area contributed by atoms with Gasteiger partial charge in [-0.2, -0.15) is 5.26 Å². The molecule has 0 spiro atoms. The first-order valence-electron chi connectivity index (χ1n) is 8.06. The highest BCUT2D eigenvalue weighted by Gasteiger charge is 2.16. The Kier molecular flexibility index (Phi) is 6.40. The fourth-order valence-electron chi connectivity index (χ4n) is 2.26. The topological polar surface area (TPSA) is 63.0 Å². The van der Waals surface area contributed by atoms with Crippen molar-refractivity contribution in [1.29, 1.82) is 5.26 Å². The zero-order valence-corrected chi connectivity index (χ0v) is 16.8. The molecule has 0 saturated carbocycles.